The van der Waals surface area contributed by atoms with Crippen LogP contribution in [0.5, 0.6) is 5.88 Å². The summed E-state index contributed by atoms with van der Waals surface area (Å²) < 4.78 is 5.16. The maximum Gasteiger partial charge on any atom is 0.318 e. The summed E-state index contributed by atoms with van der Waals surface area (Å²) in [6.07, 6.45) is 6.13. The predicted octanol–water partition coefficient (Wildman–Crippen LogP) is 2.50. The highest BCUT2D eigenvalue weighted by atomic mass is 16.5. The summed E-state index contributed by atoms with van der Waals surface area (Å²) in [4.78, 5) is 29.6. The highest BCUT2D eigenvalue weighted by molar-refractivity contribution is 5.75. The van der Waals surface area contributed by atoms with Gasteiger partial charge in [-0.3, -0.25) is 4.98 Å². The Morgan fingerprint density at radius 1 is 1.21 bits per heavy atom. The lowest BCUT2D eigenvalue weighted by Crippen LogP contribution is -2.52. The molecule has 1 saturated heterocycles. The van der Waals surface area contributed by atoms with Crippen LogP contribution in [0.3, 0.4) is 0 Å². The summed E-state index contributed by atoms with van der Waals surface area (Å²) in [5.74, 6) is 1.64. The average molecular weight is 384 g/mol. The number of anilines is 1. The number of urea groups is 1. The van der Waals surface area contributed by atoms with Crippen LogP contribution in [0, 0.1) is 5.92 Å². The summed E-state index contributed by atoms with van der Waals surface area (Å²) in [5.41, 5.74) is 1.04. The van der Waals surface area contributed by atoms with E-state index in [1.165, 1.54) is 0 Å². The molecule has 150 valence electrons. The van der Waals surface area contributed by atoms with E-state index < -0.39 is 0 Å². The maximum atomic E-state index is 12.8. The SMILES string of the molecule is COc1ccnc(N2CCN(C(=O)NC(CC(C)C)c3cccnc3)CC2)n1. The lowest BCUT2D eigenvalue weighted by molar-refractivity contribution is 0.188. The fraction of sp³-hybridized carbons (Fsp3) is 0.500. The molecule has 8 heteroatoms. The van der Waals surface area contributed by atoms with Gasteiger partial charge in [0.25, 0.3) is 0 Å². The van der Waals surface area contributed by atoms with Gasteiger partial charge in [0.1, 0.15) is 0 Å². The monoisotopic (exact) mass is 384 g/mol. The number of hydrogen-bond donors (Lipinski definition) is 1. The minimum absolute atomic E-state index is 0.0408. The van der Waals surface area contributed by atoms with Crippen molar-refractivity contribution in [2.45, 2.75) is 26.3 Å². The highest BCUT2D eigenvalue weighted by Gasteiger charge is 2.25. The lowest BCUT2D eigenvalue weighted by atomic mass is 9.98. The summed E-state index contributed by atoms with van der Waals surface area (Å²) >= 11 is 0. The molecule has 1 fully saturated rings. The van der Waals surface area contributed by atoms with Gasteiger partial charge in [-0.15, -0.1) is 0 Å². The van der Waals surface area contributed by atoms with Crippen LogP contribution in [0.1, 0.15) is 31.9 Å². The number of piperazine rings is 1. The molecule has 2 amide bonds. The minimum Gasteiger partial charge on any atom is -0.481 e. The second-order valence-electron chi connectivity index (χ2n) is 7.29. The molecule has 0 aliphatic carbocycles. The topological polar surface area (TPSA) is 83.5 Å². The van der Waals surface area contributed by atoms with Crippen LogP contribution >= 0.6 is 0 Å². The third-order valence-electron chi connectivity index (χ3n) is 4.77. The zero-order valence-electron chi connectivity index (χ0n) is 16.7. The first kappa shape index (κ1) is 19.9. The van der Waals surface area contributed by atoms with Crippen molar-refractivity contribution < 1.29 is 9.53 Å². The Labute approximate surface area is 166 Å². The smallest absolute Gasteiger partial charge is 0.318 e. The van der Waals surface area contributed by atoms with Crippen molar-refractivity contribution in [2.24, 2.45) is 5.92 Å². The fourth-order valence-electron chi connectivity index (χ4n) is 3.28. The Balaban J connectivity index is 1.59. The fourth-order valence-corrected chi connectivity index (χ4v) is 3.28. The van der Waals surface area contributed by atoms with Crippen LogP contribution in [0.4, 0.5) is 10.7 Å². The van der Waals surface area contributed by atoms with Crippen molar-refractivity contribution in [1.29, 1.82) is 0 Å². The van der Waals surface area contributed by atoms with Gasteiger partial charge >= 0.3 is 6.03 Å². The number of carbonyl (C=O) groups excluding carboxylic acids is 1. The minimum atomic E-state index is -0.0410. The number of carbonyl (C=O) groups is 1. The number of methoxy groups -OCH3 is 1. The van der Waals surface area contributed by atoms with E-state index >= 15 is 0 Å². The summed E-state index contributed by atoms with van der Waals surface area (Å²) in [5, 5.41) is 3.18. The van der Waals surface area contributed by atoms with Crippen molar-refractivity contribution in [2.75, 3.05) is 38.2 Å². The van der Waals surface area contributed by atoms with Gasteiger partial charge in [-0.1, -0.05) is 19.9 Å². The van der Waals surface area contributed by atoms with E-state index in [-0.39, 0.29) is 12.1 Å². The Morgan fingerprint density at radius 3 is 2.64 bits per heavy atom. The maximum absolute atomic E-state index is 12.8. The molecule has 2 aromatic heterocycles. The molecule has 8 nitrogen and oxygen atoms in total. The van der Waals surface area contributed by atoms with Crippen LogP contribution in [-0.4, -0.2) is 59.2 Å². The molecule has 28 heavy (non-hydrogen) atoms. The van der Waals surface area contributed by atoms with Crippen molar-refractivity contribution in [3.8, 4) is 5.88 Å². The van der Waals surface area contributed by atoms with Crippen LogP contribution in [0.25, 0.3) is 0 Å². The molecule has 0 bridgehead atoms. The average Bonchev–Trinajstić information content (AvgIpc) is 2.73. The normalized spacial score (nSPS) is 15.4. The third-order valence-corrected chi connectivity index (χ3v) is 4.77. The Morgan fingerprint density at radius 2 is 2.00 bits per heavy atom. The zero-order valence-corrected chi connectivity index (χ0v) is 16.7. The van der Waals surface area contributed by atoms with Crippen LogP contribution in [-0.2, 0) is 0 Å². The number of aromatic nitrogens is 3. The number of amides is 2. The number of nitrogens with one attached hydrogen (secondary N) is 1. The van der Waals surface area contributed by atoms with Gasteiger partial charge in [0, 0.05) is 50.8 Å². The summed E-state index contributed by atoms with van der Waals surface area (Å²) in [6, 6.07) is 5.56. The third kappa shape index (κ3) is 5.09. The number of ether oxygens (including phenoxy) is 1. The predicted molar refractivity (Wildman–Crippen MR) is 107 cm³/mol. The molecular weight excluding hydrogens is 356 g/mol. The first-order chi connectivity index (χ1) is 13.6. The number of hydrogen-bond acceptors (Lipinski definition) is 6. The molecule has 1 N–H and O–H groups in total. The van der Waals surface area contributed by atoms with Gasteiger partial charge in [0.05, 0.1) is 13.2 Å². The number of nitrogens with zero attached hydrogens (tertiary/aromatic N) is 5. The van der Waals surface area contributed by atoms with Gasteiger partial charge in [-0.2, -0.15) is 4.98 Å². The van der Waals surface area contributed by atoms with Crippen molar-refractivity contribution in [3.63, 3.8) is 0 Å². The van der Waals surface area contributed by atoms with Gasteiger partial charge in [-0.05, 0) is 24.0 Å². The van der Waals surface area contributed by atoms with Crippen molar-refractivity contribution in [1.82, 2.24) is 25.2 Å². The molecule has 1 aliphatic heterocycles. The first-order valence-electron chi connectivity index (χ1n) is 9.64. The molecule has 0 spiro atoms. The molecule has 1 atom stereocenters. The molecule has 1 unspecified atom stereocenters. The molecule has 0 aromatic carbocycles. The molecule has 0 radical (unpaired) electrons. The van der Waals surface area contributed by atoms with Crippen molar-refractivity contribution >= 4 is 12.0 Å². The number of rotatable bonds is 6. The molecule has 3 heterocycles. The number of pyridine rings is 1. The Hall–Kier alpha value is -2.90. The van der Waals surface area contributed by atoms with Gasteiger partial charge in [-0.25, -0.2) is 9.78 Å². The van der Waals surface area contributed by atoms with Gasteiger partial charge in [0.2, 0.25) is 11.8 Å². The molecule has 2 aromatic rings. The van der Waals surface area contributed by atoms with E-state index in [2.05, 4.69) is 39.0 Å². The molecular formula is C20H28N6O2. The molecule has 1 aliphatic rings. The Bertz CT molecular complexity index is 762. The lowest BCUT2D eigenvalue weighted by Gasteiger charge is -2.35. The van der Waals surface area contributed by atoms with Gasteiger partial charge in [0.15, 0.2) is 0 Å². The van der Waals surface area contributed by atoms with Crippen LogP contribution < -0.4 is 15.0 Å². The Kier molecular flexibility index (Phi) is 6.62. The van der Waals surface area contributed by atoms with E-state index in [0.29, 0.717) is 43.9 Å². The molecule has 0 saturated carbocycles. The van der Waals surface area contributed by atoms with E-state index in [9.17, 15) is 4.79 Å². The largest absolute Gasteiger partial charge is 0.481 e. The highest BCUT2D eigenvalue weighted by Crippen LogP contribution is 2.21. The zero-order chi connectivity index (χ0) is 19.9. The van der Waals surface area contributed by atoms with E-state index in [1.807, 2.05) is 23.2 Å². The van der Waals surface area contributed by atoms with Crippen LogP contribution in [0.2, 0.25) is 0 Å². The van der Waals surface area contributed by atoms with E-state index in [1.54, 1.807) is 25.6 Å². The first-order valence-corrected chi connectivity index (χ1v) is 9.64. The molecule has 3 rings (SSSR count). The second-order valence-corrected chi connectivity index (χ2v) is 7.29. The summed E-state index contributed by atoms with van der Waals surface area (Å²) in [6.45, 7) is 6.91. The standard InChI is InChI=1S/C20H28N6O2/c1-15(2)13-17(16-5-4-7-21-14-16)23-20(27)26-11-9-25(10-12-26)19-22-8-6-18(24-19)28-3/h4-8,14-15,17H,9-13H2,1-3H3,(H,23,27). The second kappa shape index (κ2) is 9.34. The quantitative estimate of drug-likeness (QED) is 0.824. The van der Waals surface area contributed by atoms with E-state index in [4.69, 9.17) is 4.74 Å². The van der Waals surface area contributed by atoms with E-state index in [0.717, 1.165) is 12.0 Å². The van der Waals surface area contributed by atoms with Crippen molar-refractivity contribution in [3.05, 3.63) is 42.4 Å². The van der Waals surface area contributed by atoms with Crippen LogP contribution in [0.15, 0.2) is 36.8 Å². The summed E-state index contributed by atoms with van der Waals surface area (Å²) in [7, 11) is 1.59. The van der Waals surface area contributed by atoms with Gasteiger partial charge < -0.3 is 19.9 Å².